The molecule has 4 aromatic rings. The van der Waals surface area contributed by atoms with E-state index < -0.39 is 0 Å². The molecule has 1 aliphatic heterocycles. The maximum Gasteiger partial charge on any atom is 0.253 e. The van der Waals surface area contributed by atoms with E-state index in [4.69, 9.17) is 4.42 Å². The number of hydrogen-bond donors (Lipinski definition) is 2. The van der Waals surface area contributed by atoms with Crippen molar-refractivity contribution in [1.82, 2.24) is 24.5 Å². The van der Waals surface area contributed by atoms with Crippen molar-refractivity contribution in [2.75, 3.05) is 23.7 Å². The fraction of sp³-hybridized carbons (Fsp3) is 0.174. The summed E-state index contributed by atoms with van der Waals surface area (Å²) >= 11 is 0. The van der Waals surface area contributed by atoms with Crippen molar-refractivity contribution in [3.05, 3.63) is 73.4 Å². The molecule has 0 aliphatic carbocycles. The number of likely N-dealkylation sites (tertiary alicyclic amines) is 1. The number of anilines is 2. The number of aromatic nitrogens is 4. The van der Waals surface area contributed by atoms with E-state index >= 15 is 0 Å². The van der Waals surface area contributed by atoms with Crippen LogP contribution in [0.15, 0.2) is 72.3 Å². The number of nitrogens with zero attached hydrogens (tertiary/aromatic N) is 5. The van der Waals surface area contributed by atoms with Crippen molar-refractivity contribution in [2.45, 2.75) is 12.5 Å². The van der Waals surface area contributed by atoms with Crippen LogP contribution in [-0.2, 0) is 4.79 Å². The number of pyridine rings is 1. The minimum absolute atomic E-state index is 0.0475. The largest absolute Gasteiger partial charge is 0.443 e. The zero-order chi connectivity index (χ0) is 22.8. The minimum atomic E-state index is -0.294. The Bertz CT molecular complexity index is 1310. The second-order valence-electron chi connectivity index (χ2n) is 7.67. The highest BCUT2D eigenvalue weighted by Crippen LogP contribution is 2.21. The number of oxazole rings is 1. The van der Waals surface area contributed by atoms with Gasteiger partial charge in [0.15, 0.2) is 17.8 Å². The van der Waals surface area contributed by atoms with Gasteiger partial charge in [-0.15, -0.1) is 5.10 Å². The highest BCUT2D eigenvalue weighted by molar-refractivity contribution is 5.99. The van der Waals surface area contributed by atoms with E-state index in [1.165, 1.54) is 12.5 Å². The maximum atomic E-state index is 12.9. The predicted octanol–water partition coefficient (Wildman–Crippen LogP) is 2.84. The summed E-state index contributed by atoms with van der Waals surface area (Å²) in [4.78, 5) is 34.5. The zero-order valence-corrected chi connectivity index (χ0v) is 17.6. The van der Waals surface area contributed by atoms with Crippen LogP contribution in [0.25, 0.3) is 17.0 Å². The smallest absolute Gasteiger partial charge is 0.253 e. The van der Waals surface area contributed by atoms with Gasteiger partial charge in [-0.05, 0) is 48.9 Å². The predicted molar refractivity (Wildman–Crippen MR) is 122 cm³/mol. The van der Waals surface area contributed by atoms with Gasteiger partial charge < -0.3 is 20.0 Å². The fourth-order valence-corrected chi connectivity index (χ4v) is 3.77. The molecule has 1 fully saturated rings. The molecule has 0 saturated carbocycles. The average Bonchev–Trinajstić information content (AvgIpc) is 3.59. The third-order valence-electron chi connectivity index (χ3n) is 5.44. The molecular formula is C23H21N7O3. The molecule has 166 valence electrons. The van der Waals surface area contributed by atoms with Crippen LogP contribution in [-0.4, -0.2) is 55.4 Å². The van der Waals surface area contributed by atoms with Gasteiger partial charge in [0.25, 0.3) is 5.91 Å². The second kappa shape index (κ2) is 8.58. The van der Waals surface area contributed by atoms with Gasteiger partial charge in [0.05, 0.1) is 6.20 Å². The molecule has 2 N–H and O–H groups in total. The first kappa shape index (κ1) is 20.4. The Hall–Kier alpha value is -4.47. The lowest BCUT2D eigenvalue weighted by atomic mass is 10.2. The van der Waals surface area contributed by atoms with E-state index in [0.717, 1.165) is 12.0 Å². The van der Waals surface area contributed by atoms with Crippen molar-refractivity contribution in [3.8, 4) is 11.3 Å². The monoisotopic (exact) mass is 443 g/mol. The molecule has 1 saturated heterocycles. The summed E-state index contributed by atoms with van der Waals surface area (Å²) in [6.07, 6.45) is 6.85. The number of carbonyl (C=O) groups excluding carboxylic acids is 2. The standard InChI is InChI=1S/C23H21N7O3/c1-2-21(31)25-17-6-3-15(4-7-17)22(32)29-10-9-18(13-29)26-23-27-20-8-5-16(12-30(20)28-23)19-11-24-14-33-19/h2-8,11-12,14,18H,1,9-10,13H2,(H,25,31)(H,26,28). The van der Waals surface area contributed by atoms with Gasteiger partial charge in [0, 0.05) is 42.1 Å². The summed E-state index contributed by atoms with van der Waals surface area (Å²) in [5, 5.41) is 10.5. The van der Waals surface area contributed by atoms with Crippen molar-refractivity contribution < 1.29 is 14.0 Å². The molecule has 10 nitrogen and oxygen atoms in total. The molecule has 0 bridgehead atoms. The molecule has 10 heteroatoms. The third kappa shape index (κ3) is 4.31. The van der Waals surface area contributed by atoms with Gasteiger partial charge in [-0.1, -0.05) is 6.58 Å². The van der Waals surface area contributed by atoms with E-state index in [-0.39, 0.29) is 17.9 Å². The van der Waals surface area contributed by atoms with Crippen LogP contribution in [0.4, 0.5) is 11.6 Å². The number of benzene rings is 1. The number of fused-ring (bicyclic) bond motifs is 1. The number of hydrogen-bond acceptors (Lipinski definition) is 7. The molecule has 3 aromatic heterocycles. The lowest BCUT2D eigenvalue weighted by Gasteiger charge is -2.17. The van der Waals surface area contributed by atoms with Crippen LogP contribution < -0.4 is 10.6 Å². The number of carbonyl (C=O) groups is 2. The molecule has 0 radical (unpaired) electrons. The molecule has 4 heterocycles. The molecular weight excluding hydrogens is 422 g/mol. The first-order valence-electron chi connectivity index (χ1n) is 10.4. The van der Waals surface area contributed by atoms with E-state index in [0.29, 0.717) is 41.7 Å². The van der Waals surface area contributed by atoms with Crippen LogP contribution in [0.3, 0.4) is 0 Å². The molecule has 1 unspecified atom stereocenters. The fourth-order valence-electron chi connectivity index (χ4n) is 3.77. The summed E-state index contributed by atoms with van der Waals surface area (Å²) < 4.78 is 7.02. The summed E-state index contributed by atoms with van der Waals surface area (Å²) in [6, 6.07) is 10.6. The highest BCUT2D eigenvalue weighted by atomic mass is 16.3. The van der Waals surface area contributed by atoms with E-state index in [2.05, 4.69) is 32.3 Å². The lowest BCUT2D eigenvalue weighted by Crippen LogP contribution is -2.31. The van der Waals surface area contributed by atoms with Crippen LogP contribution in [0, 0.1) is 0 Å². The van der Waals surface area contributed by atoms with E-state index in [1.54, 1.807) is 39.9 Å². The summed E-state index contributed by atoms with van der Waals surface area (Å²) in [5.74, 6) is 0.812. The Morgan fingerprint density at radius 1 is 1.18 bits per heavy atom. The second-order valence-corrected chi connectivity index (χ2v) is 7.67. The summed E-state index contributed by atoms with van der Waals surface area (Å²) in [7, 11) is 0. The normalized spacial score (nSPS) is 15.5. The van der Waals surface area contributed by atoms with Gasteiger partial charge in [0.1, 0.15) is 0 Å². The van der Waals surface area contributed by atoms with Crippen molar-refractivity contribution in [1.29, 1.82) is 0 Å². The van der Waals surface area contributed by atoms with Crippen molar-refractivity contribution in [2.24, 2.45) is 0 Å². The zero-order valence-electron chi connectivity index (χ0n) is 17.6. The molecule has 1 atom stereocenters. The first-order valence-corrected chi connectivity index (χ1v) is 10.4. The van der Waals surface area contributed by atoms with E-state index in [9.17, 15) is 9.59 Å². The maximum absolute atomic E-state index is 12.9. The molecule has 1 aromatic carbocycles. The van der Waals surface area contributed by atoms with Gasteiger partial charge in [0.2, 0.25) is 11.9 Å². The Labute approximate surface area is 188 Å². The lowest BCUT2D eigenvalue weighted by molar-refractivity contribution is -0.111. The van der Waals surface area contributed by atoms with Crippen LogP contribution >= 0.6 is 0 Å². The highest BCUT2D eigenvalue weighted by Gasteiger charge is 2.27. The molecule has 0 spiro atoms. The van der Waals surface area contributed by atoms with Gasteiger partial charge in [-0.25, -0.2) is 9.50 Å². The molecule has 1 aliphatic rings. The number of rotatable bonds is 6. The van der Waals surface area contributed by atoms with Gasteiger partial charge in [-0.3, -0.25) is 9.59 Å². The topological polar surface area (TPSA) is 118 Å². The van der Waals surface area contributed by atoms with Crippen molar-refractivity contribution in [3.63, 3.8) is 0 Å². The Morgan fingerprint density at radius 2 is 2.03 bits per heavy atom. The Morgan fingerprint density at radius 3 is 2.79 bits per heavy atom. The summed E-state index contributed by atoms with van der Waals surface area (Å²) in [5.41, 5.74) is 2.74. The minimum Gasteiger partial charge on any atom is -0.443 e. The van der Waals surface area contributed by atoms with Gasteiger partial charge in [-0.2, -0.15) is 4.98 Å². The quantitative estimate of drug-likeness (QED) is 0.440. The number of nitrogens with one attached hydrogen (secondary N) is 2. The molecule has 33 heavy (non-hydrogen) atoms. The SMILES string of the molecule is C=CC(=O)Nc1ccc(C(=O)N2CCC(Nc3nc4ccc(-c5cnco5)cn4n3)C2)cc1. The summed E-state index contributed by atoms with van der Waals surface area (Å²) in [6.45, 7) is 4.61. The Kier molecular flexibility index (Phi) is 5.31. The van der Waals surface area contributed by atoms with E-state index in [1.807, 2.05) is 18.3 Å². The van der Waals surface area contributed by atoms with Crippen molar-refractivity contribution >= 4 is 29.1 Å². The van der Waals surface area contributed by atoms with Crippen LogP contribution in [0.5, 0.6) is 0 Å². The van der Waals surface area contributed by atoms with Gasteiger partial charge >= 0.3 is 0 Å². The van der Waals surface area contributed by atoms with Crippen LogP contribution in [0.1, 0.15) is 16.8 Å². The molecule has 5 rings (SSSR count). The third-order valence-corrected chi connectivity index (χ3v) is 5.44. The average molecular weight is 443 g/mol. The Balaban J connectivity index is 1.22. The van der Waals surface area contributed by atoms with Crippen LogP contribution in [0.2, 0.25) is 0 Å². The number of amides is 2. The first-order chi connectivity index (χ1) is 16.1. The molecule has 2 amide bonds.